The average molecular weight is 228 g/mol. The molecular weight excluding hydrogens is 214 g/mol. The predicted octanol–water partition coefficient (Wildman–Crippen LogP) is 1.77. The van der Waals surface area contributed by atoms with Crippen molar-refractivity contribution in [1.82, 2.24) is 0 Å². The molecule has 0 aromatic heterocycles. The van der Waals surface area contributed by atoms with Crippen molar-refractivity contribution in [2.75, 3.05) is 13.2 Å². The van der Waals surface area contributed by atoms with Gasteiger partial charge in [0, 0.05) is 18.0 Å². The number of hydrogen-bond acceptors (Lipinski definition) is 3. The van der Waals surface area contributed by atoms with Crippen molar-refractivity contribution < 1.29 is 9.53 Å². The standard InChI is InChI=1S/C11H14ClNO2/c12-10-3-1-2-9(8-10)5-7-15-11(14)4-6-13/h1-3,8H,4-7,13H2. The summed E-state index contributed by atoms with van der Waals surface area (Å²) < 4.78 is 4.96. The van der Waals surface area contributed by atoms with E-state index in [9.17, 15) is 4.79 Å². The molecule has 1 aromatic carbocycles. The minimum Gasteiger partial charge on any atom is -0.465 e. The Balaban J connectivity index is 2.28. The maximum absolute atomic E-state index is 11.0. The lowest BCUT2D eigenvalue weighted by Crippen LogP contribution is -2.12. The highest BCUT2D eigenvalue weighted by Gasteiger charge is 2.01. The number of halogens is 1. The minimum absolute atomic E-state index is 0.250. The van der Waals surface area contributed by atoms with E-state index in [0.717, 1.165) is 5.56 Å². The Kier molecular flexibility index (Phi) is 5.15. The molecule has 3 nitrogen and oxygen atoms in total. The van der Waals surface area contributed by atoms with E-state index in [4.69, 9.17) is 22.1 Å². The molecule has 0 heterocycles. The van der Waals surface area contributed by atoms with E-state index in [1.807, 2.05) is 24.3 Å². The number of ether oxygens (including phenoxy) is 1. The third kappa shape index (κ3) is 4.81. The summed E-state index contributed by atoms with van der Waals surface area (Å²) in [6, 6.07) is 7.49. The Morgan fingerprint density at radius 2 is 2.27 bits per heavy atom. The lowest BCUT2D eigenvalue weighted by molar-refractivity contribution is -0.143. The van der Waals surface area contributed by atoms with E-state index in [1.165, 1.54) is 0 Å². The van der Waals surface area contributed by atoms with E-state index < -0.39 is 0 Å². The van der Waals surface area contributed by atoms with Crippen LogP contribution in [-0.2, 0) is 16.0 Å². The fraction of sp³-hybridized carbons (Fsp3) is 0.364. The van der Waals surface area contributed by atoms with Crippen LogP contribution in [0.1, 0.15) is 12.0 Å². The predicted molar refractivity (Wildman–Crippen MR) is 59.8 cm³/mol. The second-order valence-electron chi connectivity index (χ2n) is 3.14. The molecule has 0 saturated carbocycles. The normalized spacial score (nSPS) is 10.0. The first-order chi connectivity index (χ1) is 7.22. The van der Waals surface area contributed by atoms with Gasteiger partial charge in [0.2, 0.25) is 0 Å². The van der Waals surface area contributed by atoms with E-state index in [-0.39, 0.29) is 12.4 Å². The number of carbonyl (C=O) groups excluding carboxylic acids is 1. The van der Waals surface area contributed by atoms with Gasteiger partial charge in [0.15, 0.2) is 0 Å². The molecule has 4 heteroatoms. The Bertz CT molecular complexity index is 328. The summed E-state index contributed by atoms with van der Waals surface area (Å²) in [5.41, 5.74) is 6.27. The molecule has 0 saturated heterocycles. The fourth-order valence-corrected chi connectivity index (χ4v) is 1.38. The van der Waals surface area contributed by atoms with Gasteiger partial charge in [0.05, 0.1) is 13.0 Å². The van der Waals surface area contributed by atoms with Gasteiger partial charge in [-0.3, -0.25) is 4.79 Å². The van der Waals surface area contributed by atoms with Crippen LogP contribution in [0.15, 0.2) is 24.3 Å². The van der Waals surface area contributed by atoms with Crippen molar-refractivity contribution in [2.24, 2.45) is 5.73 Å². The molecule has 0 spiro atoms. The number of rotatable bonds is 5. The van der Waals surface area contributed by atoms with Gasteiger partial charge in [-0.15, -0.1) is 0 Å². The van der Waals surface area contributed by atoms with Gasteiger partial charge in [-0.05, 0) is 17.7 Å². The highest BCUT2D eigenvalue weighted by Crippen LogP contribution is 2.11. The largest absolute Gasteiger partial charge is 0.465 e. The first kappa shape index (κ1) is 12.0. The van der Waals surface area contributed by atoms with Gasteiger partial charge < -0.3 is 10.5 Å². The summed E-state index contributed by atoms with van der Waals surface area (Å²) in [5.74, 6) is -0.250. The van der Waals surface area contributed by atoms with E-state index in [0.29, 0.717) is 24.6 Å². The molecule has 0 bridgehead atoms. The van der Waals surface area contributed by atoms with Crippen LogP contribution in [-0.4, -0.2) is 19.1 Å². The zero-order valence-electron chi connectivity index (χ0n) is 8.41. The second-order valence-corrected chi connectivity index (χ2v) is 3.58. The summed E-state index contributed by atoms with van der Waals surface area (Å²) in [6.45, 7) is 0.704. The molecular formula is C11H14ClNO2. The summed E-state index contributed by atoms with van der Waals surface area (Å²) in [4.78, 5) is 11.0. The summed E-state index contributed by atoms with van der Waals surface area (Å²) in [5, 5.41) is 0.695. The number of nitrogens with two attached hydrogens (primary N) is 1. The van der Waals surface area contributed by atoms with Crippen LogP contribution >= 0.6 is 11.6 Å². The molecule has 0 atom stereocenters. The third-order valence-electron chi connectivity index (χ3n) is 1.89. The Hall–Kier alpha value is -1.06. The van der Waals surface area contributed by atoms with Crippen LogP contribution in [0.25, 0.3) is 0 Å². The zero-order chi connectivity index (χ0) is 11.1. The van der Waals surface area contributed by atoms with E-state index >= 15 is 0 Å². The van der Waals surface area contributed by atoms with Crippen molar-refractivity contribution in [2.45, 2.75) is 12.8 Å². The van der Waals surface area contributed by atoms with Crippen molar-refractivity contribution in [3.8, 4) is 0 Å². The maximum Gasteiger partial charge on any atom is 0.307 e. The second kappa shape index (κ2) is 6.43. The van der Waals surface area contributed by atoms with Gasteiger partial charge in [0.1, 0.15) is 0 Å². The van der Waals surface area contributed by atoms with Crippen molar-refractivity contribution >= 4 is 17.6 Å². The zero-order valence-corrected chi connectivity index (χ0v) is 9.17. The molecule has 15 heavy (non-hydrogen) atoms. The van der Waals surface area contributed by atoms with Gasteiger partial charge in [0.25, 0.3) is 0 Å². The molecule has 1 aromatic rings. The average Bonchev–Trinajstić information content (AvgIpc) is 2.18. The molecule has 0 aliphatic carbocycles. The summed E-state index contributed by atoms with van der Waals surface area (Å²) in [6.07, 6.45) is 0.951. The van der Waals surface area contributed by atoms with Crippen molar-refractivity contribution in [3.63, 3.8) is 0 Å². The molecule has 2 N–H and O–H groups in total. The maximum atomic E-state index is 11.0. The molecule has 1 rings (SSSR count). The highest BCUT2D eigenvalue weighted by molar-refractivity contribution is 6.30. The van der Waals surface area contributed by atoms with Crippen LogP contribution in [0.4, 0.5) is 0 Å². The molecule has 82 valence electrons. The molecule has 0 unspecified atom stereocenters. The van der Waals surface area contributed by atoms with Crippen LogP contribution in [0.5, 0.6) is 0 Å². The van der Waals surface area contributed by atoms with Gasteiger partial charge in [-0.2, -0.15) is 0 Å². The van der Waals surface area contributed by atoms with Crippen LogP contribution in [0, 0.1) is 0 Å². The first-order valence-corrected chi connectivity index (χ1v) is 5.20. The number of hydrogen-bond donors (Lipinski definition) is 1. The first-order valence-electron chi connectivity index (χ1n) is 4.82. The molecule has 0 aliphatic heterocycles. The van der Waals surface area contributed by atoms with Crippen LogP contribution in [0.3, 0.4) is 0 Å². The molecule has 0 fully saturated rings. The smallest absolute Gasteiger partial charge is 0.307 e. The van der Waals surface area contributed by atoms with E-state index in [2.05, 4.69) is 0 Å². The van der Waals surface area contributed by atoms with Crippen LogP contribution in [0.2, 0.25) is 5.02 Å². The Morgan fingerprint density at radius 3 is 2.93 bits per heavy atom. The molecule has 0 aliphatic rings. The lowest BCUT2D eigenvalue weighted by Gasteiger charge is -2.04. The summed E-state index contributed by atoms with van der Waals surface area (Å²) in [7, 11) is 0. The summed E-state index contributed by atoms with van der Waals surface area (Å²) >= 11 is 5.81. The minimum atomic E-state index is -0.250. The van der Waals surface area contributed by atoms with Crippen molar-refractivity contribution in [1.29, 1.82) is 0 Å². The van der Waals surface area contributed by atoms with Crippen LogP contribution < -0.4 is 5.73 Å². The molecule has 0 radical (unpaired) electrons. The quantitative estimate of drug-likeness (QED) is 0.781. The number of carbonyl (C=O) groups is 1. The van der Waals surface area contributed by atoms with Crippen molar-refractivity contribution in [3.05, 3.63) is 34.9 Å². The SMILES string of the molecule is NCCC(=O)OCCc1cccc(Cl)c1. The van der Waals surface area contributed by atoms with Gasteiger partial charge >= 0.3 is 5.97 Å². The van der Waals surface area contributed by atoms with Gasteiger partial charge in [-0.25, -0.2) is 0 Å². The number of esters is 1. The number of benzene rings is 1. The molecule has 0 amide bonds. The van der Waals surface area contributed by atoms with E-state index in [1.54, 1.807) is 0 Å². The monoisotopic (exact) mass is 227 g/mol. The fourth-order valence-electron chi connectivity index (χ4n) is 1.17. The Morgan fingerprint density at radius 1 is 1.47 bits per heavy atom. The highest BCUT2D eigenvalue weighted by atomic mass is 35.5. The van der Waals surface area contributed by atoms with Gasteiger partial charge in [-0.1, -0.05) is 23.7 Å². The Labute approximate surface area is 94.2 Å². The topological polar surface area (TPSA) is 52.3 Å². The third-order valence-corrected chi connectivity index (χ3v) is 2.13. The lowest BCUT2D eigenvalue weighted by atomic mass is 10.2.